The molecule has 0 bridgehead atoms. The molecule has 174 valence electrons. The van der Waals surface area contributed by atoms with Crippen LogP contribution < -0.4 is 10.2 Å². The van der Waals surface area contributed by atoms with Gasteiger partial charge in [0.1, 0.15) is 5.57 Å². The summed E-state index contributed by atoms with van der Waals surface area (Å²) in [6.07, 6.45) is 3.67. The molecule has 0 radical (unpaired) electrons. The fraction of sp³-hybridized carbons (Fsp3) is 0.138. The highest BCUT2D eigenvalue weighted by Gasteiger charge is 2.36. The van der Waals surface area contributed by atoms with Crippen LogP contribution in [0.2, 0.25) is 0 Å². The van der Waals surface area contributed by atoms with Crippen molar-refractivity contribution in [3.63, 3.8) is 0 Å². The highest BCUT2D eigenvalue weighted by molar-refractivity contribution is 7.80. The number of fused-ring (bicyclic) bond motifs is 1. The second-order valence-electron chi connectivity index (χ2n) is 8.92. The Bertz CT molecular complexity index is 1510. The zero-order valence-corrected chi connectivity index (χ0v) is 20.6. The lowest BCUT2D eigenvalue weighted by Crippen LogP contribution is -2.54. The number of anilines is 1. The number of hydrogen-bond acceptors (Lipinski definition) is 3. The van der Waals surface area contributed by atoms with Gasteiger partial charge in [-0.1, -0.05) is 66.2 Å². The first-order chi connectivity index (χ1) is 16.8. The number of carbonyl (C=O) groups is 2. The van der Waals surface area contributed by atoms with E-state index in [1.165, 1.54) is 10.5 Å². The van der Waals surface area contributed by atoms with Gasteiger partial charge in [-0.3, -0.25) is 19.8 Å². The van der Waals surface area contributed by atoms with E-state index >= 15 is 0 Å². The summed E-state index contributed by atoms with van der Waals surface area (Å²) in [6.45, 7) is 6.59. The standard InChI is InChI=1S/C29H25N3O2S/c1-18-13-19(2)26(20(3)14-18)32-28(34)24(27(33)30-29(32)35)15-22-17-31(16-21-9-5-4-6-10-21)25-12-8-7-11-23(22)25/h4-15,17H,16H2,1-3H3,(H,30,33,35). The average molecular weight is 480 g/mol. The molecule has 0 aliphatic carbocycles. The van der Waals surface area contributed by atoms with Crippen molar-refractivity contribution in [3.8, 4) is 0 Å². The number of aromatic nitrogens is 1. The fourth-order valence-electron chi connectivity index (χ4n) is 4.84. The Morgan fingerprint density at radius 2 is 1.57 bits per heavy atom. The van der Waals surface area contributed by atoms with Gasteiger partial charge in [-0.15, -0.1) is 0 Å². The molecule has 4 aromatic rings. The number of benzene rings is 3. The molecule has 2 heterocycles. The summed E-state index contributed by atoms with van der Waals surface area (Å²) in [6, 6.07) is 22.2. The third kappa shape index (κ3) is 4.17. The van der Waals surface area contributed by atoms with Gasteiger partial charge in [0.15, 0.2) is 5.11 Å². The molecule has 0 saturated carbocycles. The quantitative estimate of drug-likeness (QED) is 0.241. The summed E-state index contributed by atoms with van der Waals surface area (Å²) in [5.41, 5.74) is 6.72. The molecule has 35 heavy (non-hydrogen) atoms. The van der Waals surface area contributed by atoms with Gasteiger partial charge in [0, 0.05) is 29.2 Å². The maximum absolute atomic E-state index is 13.7. The first-order valence-electron chi connectivity index (χ1n) is 11.4. The largest absolute Gasteiger partial charge is 0.342 e. The minimum absolute atomic E-state index is 0.0561. The SMILES string of the molecule is Cc1cc(C)c(N2C(=O)C(=Cc3cn(Cc4ccccc4)c4ccccc34)C(=O)NC2=S)c(C)c1. The van der Waals surface area contributed by atoms with Crippen LogP contribution >= 0.6 is 12.2 Å². The van der Waals surface area contributed by atoms with E-state index in [-0.39, 0.29) is 10.7 Å². The van der Waals surface area contributed by atoms with Crippen molar-refractivity contribution >= 4 is 51.8 Å². The first kappa shape index (κ1) is 22.7. The average Bonchev–Trinajstić information content (AvgIpc) is 3.16. The van der Waals surface area contributed by atoms with E-state index in [0.717, 1.165) is 33.2 Å². The van der Waals surface area contributed by atoms with Crippen molar-refractivity contribution in [3.05, 3.63) is 106 Å². The van der Waals surface area contributed by atoms with E-state index in [9.17, 15) is 9.59 Å². The van der Waals surface area contributed by atoms with Crippen molar-refractivity contribution in [2.24, 2.45) is 0 Å². The van der Waals surface area contributed by atoms with Crippen LogP contribution in [0.1, 0.15) is 27.8 Å². The molecule has 2 amide bonds. The predicted molar refractivity (Wildman–Crippen MR) is 144 cm³/mol. The molecule has 6 heteroatoms. The lowest BCUT2D eigenvalue weighted by Gasteiger charge is -2.31. The van der Waals surface area contributed by atoms with Gasteiger partial charge in [-0.05, 0) is 61.8 Å². The molecule has 1 saturated heterocycles. The summed E-state index contributed by atoms with van der Waals surface area (Å²) in [4.78, 5) is 28.1. The minimum atomic E-state index is -0.487. The van der Waals surface area contributed by atoms with Crippen molar-refractivity contribution in [2.75, 3.05) is 4.90 Å². The van der Waals surface area contributed by atoms with Gasteiger partial charge in [0.25, 0.3) is 11.8 Å². The van der Waals surface area contributed by atoms with Crippen molar-refractivity contribution in [1.29, 1.82) is 0 Å². The number of amides is 2. The fourth-order valence-corrected chi connectivity index (χ4v) is 5.11. The van der Waals surface area contributed by atoms with Crippen LogP contribution in [0.4, 0.5) is 5.69 Å². The van der Waals surface area contributed by atoms with E-state index in [1.807, 2.05) is 81.6 Å². The minimum Gasteiger partial charge on any atom is -0.342 e. The molecule has 0 spiro atoms. The summed E-state index contributed by atoms with van der Waals surface area (Å²) in [7, 11) is 0. The van der Waals surface area contributed by atoms with Crippen molar-refractivity contribution in [2.45, 2.75) is 27.3 Å². The summed E-state index contributed by atoms with van der Waals surface area (Å²) >= 11 is 5.43. The monoisotopic (exact) mass is 479 g/mol. The highest BCUT2D eigenvalue weighted by Crippen LogP contribution is 2.31. The van der Waals surface area contributed by atoms with Crippen molar-refractivity contribution < 1.29 is 9.59 Å². The number of carbonyl (C=O) groups excluding carboxylic acids is 2. The van der Waals surface area contributed by atoms with E-state index < -0.39 is 11.8 Å². The molecular formula is C29H25N3O2S. The normalized spacial score (nSPS) is 15.2. The lowest BCUT2D eigenvalue weighted by atomic mass is 10.0. The van der Waals surface area contributed by atoms with Gasteiger partial charge < -0.3 is 4.57 Å². The number of hydrogen-bond donors (Lipinski definition) is 1. The van der Waals surface area contributed by atoms with Crippen LogP contribution in [0.3, 0.4) is 0 Å². The molecule has 1 aliphatic heterocycles. The molecule has 1 aliphatic rings. The molecule has 5 rings (SSSR count). The predicted octanol–water partition coefficient (Wildman–Crippen LogP) is 5.45. The highest BCUT2D eigenvalue weighted by atomic mass is 32.1. The Labute approximate surface area is 209 Å². The molecule has 0 unspecified atom stereocenters. The Morgan fingerprint density at radius 1 is 0.914 bits per heavy atom. The van der Waals surface area contributed by atoms with Crippen LogP contribution in [0, 0.1) is 20.8 Å². The summed E-state index contributed by atoms with van der Waals surface area (Å²) < 4.78 is 2.14. The van der Waals surface area contributed by atoms with Crippen LogP contribution in [0.25, 0.3) is 17.0 Å². The molecule has 1 aromatic heterocycles. The zero-order chi connectivity index (χ0) is 24.7. The zero-order valence-electron chi connectivity index (χ0n) is 19.8. The summed E-state index contributed by atoms with van der Waals surface area (Å²) in [5, 5.41) is 3.78. The van der Waals surface area contributed by atoms with E-state index in [0.29, 0.717) is 12.2 Å². The van der Waals surface area contributed by atoms with E-state index in [1.54, 1.807) is 6.08 Å². The first-order valence-corrected chi connectivity index (χ1v) is 11.9. The number of para-hydroxylation sites is 1. The molecule has 0 atom stereocenters. The topological polar surface area (TPSA) is 54.3 Å². The van der Waals surface area contributed by atoms with Crippen LogP contribution in [-0.2, 0) is 16.1 Å². The molecule has 1 fully saturated rings. The third-order valence-corrected chi connectivity index (χ3v) is 6.56. The Morgan fingerprint density at radius 3 is 2.29 bits per heavy atom. The molecule has 3 aromatic carbocycles. The van der Waals surface area contributed by atoms with E-state index in [4.69, 9.17) is 12.2 Å². The van der Waals surface area contributed by atoms with Gasteiger partial charge >= 0.3 is 0 Å². The Hall–Kier alpha value is -4.03. The third-order valence-electron chi connectivity index (χ3n) is 6.28. The summed E-state index contributed by atoms with van der Waals surface area (Å²) in [5.74, 6) is -0.910. The second-order valence-corrected chi connectivity index (χ2v) is 9.31. The van der Waals surface area contributed by atoms with Crippen LogP contribution in [0.5, 0.6) is 0 Å². The van der Waals surface area contributed by atoms with Crippen molar-refractivity contribution in [1.82, 2.24) is 9.88 Å². The number of thiocarbonyl (C=S) groups is 1. The second kappa shape index (κ2) is 8.96. The Balaban J connectivity index is 1.60. The number of aryl methyl sites for hydroxylation is 3. The Kier molecular flexibility index (Phi) is 5.83. The molecular weight excluding hydrogens is 454 g/mol. The smallest absolute Gasteiger partial charge is 0.270 e. The number of nitrogens with zero attached hydrogens (tertiary/aromatic N) is 2. The maximum atomic E-state index is 13.7. The van der Waals surface area contributed by atoms with Gasteiger partial charge in [-0.2, -0.15) is 0 Å². The van der Waals surface area contributed by atoms with Gasteiger partial charge in [-0.25, -0.2) is 0 Å². The van der Waals surface area contributed by atoms with Crippen LogP contribution in [0.15, 0.2) is 78.5 Å². The molecule has 1 N–H and O–H groups in total. The lowest BCUT2D eigenvalue weighted by molar-refractivity contribution is -0.122. The molecule has 5 nitrogen and oxygen atoms in total. The van der Waals surface area contributed by atoms with Crippen LogP contribution in [-0.4, -0.2) is 21.5 Å². The van der Waals surface area contributed by atoms with Gasteiger partial charge in [0.05, 0.1) is 5.69 Å². The number of nitrogens with one attached hydrogen (secondary N) is 1. The van der Waals surface area contributed by atoms with E-state index in [2.05, 4.69) is 22.0 Å². The van der Waals surface area contributed by atoms with Gasteiger partial charge in [0.2, 0.25) is 0 Å². The maximum Gasteiger partial charge on any atom is 0.270 e. The number of rotatable bonds is 4.